The first-order valence-electron chi connectivity index (χ1n) is 5.11. The second-order valence-electron chi connectivity index (χ2n) is 3.79. The summed E-state index contributed by atoms with van der Waals surface area (Å²) in [4.78, 5) is 13.0. The van der Waals surface area contributed by atoms with Gasteiger partial charge in [0, 0.05) is 19.0 Å². The molecule has 1 unspecified atom stereocenters. The summed E-state index contributed by atoms with van der Waals surface area (Å²) in [5.41, 5.74) is 3.46. The van der Waals surface area contributed by atoms with E-state index in [1.165, 1.54) is 5.56 Å². The van der Waals surface area contributed by atoms with E-state index in [-0.39, 0.29) is 6.03 Å². The van der Waals surface area contributed by atoms with Crippen LogP contribution in [0.15, 0.2) is 30.3 Å². The summed E-state index contributed by atoms with van der Waals surface area (Å²) < 4.78 is 0. The molecule has 1 aromatic rings. The van der Waals surface area contributed by atoms with Crippen LogP contribution in [0.1, 0.15) is 17.9 Å². The Balaban J connectivity index is 2.02. The standard InChI is InChI=1S/C11H15N3O/c12-13-11(15)14-7-6-10(8-14)9-4-2-1-3-5-9/h1-5,10H,6-8,12H2,(H,13,15). The van der Waals surface area contributed by atoms with E-state index in [9.17, 15) is 4.79 Å². The van der Waals surface area contributed by atoms with Gasteiger partial charge in [-0.1, -0.05) is 30.3 Å². The van der Waals surface area contributed by atoms with Gasteiger partial charge in [-0.2, -0.15) is 0 Å². The molecule has 1 aliphatic rings. The Hall–Kier alpha value is -1.55. The summed E-state index contributed by atoms with van der Waals surface area (Å²) in [6.07, 6.45) is 1.01. The van der Waals surface area contributed by atoms with Crippen molar-refractivity contribution in [1.82, 2.24) is 10.3 Å². The molecule has 1 saturated heterocycles. The van der Waals surface area contributed by atoms with Crippen LogP contribution in [0.4, 0.5) is 4.79 Å². The maximum atomic E-state index is 11.3. The molecule has 1 heterocycles. The molecule has 4 heteroatoms. The molecule has 3 N–H and O–H groups in total. The number of carbonyl (C=O) groups excluding carboxylic acids is 1. The largest absolute Gasteiger partial charge is 0.331 e. The molecular weight excluding hydrogens is 190 g/mol. The maximum Gasteiger partial charge on any atom is 0.331 e. The fourth-order valence-corrected chi connectivity index (χ4v) is 2.03. The Bertz CT molecular complexity index is 339. The summed E-state index contributed by atoms with van der Waals surface area (Å²) >= 11 is 0. The second-order valence-corrected chi connectivity index (χ2v) is 3.79. The number of nitrogens with zero attached hydrogens (tertiary/aromatic N) is 1. The van der Waals surface area contributed by atoms with Crippen LogP contribution in [0.3, 0.4) is 0 Å². The van der Waals surface area contributed by atoms with Gasteiger partial charge in [-0.05, 0) is 12.0 Å². The van der Waals surface area contributed by atoms with E-state index in [0.29, 0.717) is 5.92 Å². The van der Waals surface area contributed by atoms with Gasteiger partial charge in [0.15, 0.2) is 0 Å². The Morgan fingerprint density at radius 2 is 2.13 bits per heavy atom. The molecule has 15 heavy (non-hydrogen) atoms. The number of likely N-dealkylation sites (tertiary alicyclic amines) is 1. The number of hydrazine groups is 1. The van der Waals surface area contributed by atoms with Crippen molar-refractivity contribution in [3.05, 3.63) is 35.9 Å². The molecule has 80 valence electrons. The lowest BCUT2D eigenvalue weighted by Gasteiger charge is -2.15. The van der Waals surface area contributed by atoms with E-state index in [1.54, 1.807) is 4.90 Å². The molecule has 1 fully saturated rings. The summed E-state index contributed by atoms with van der Waals surface area (Å²) in [7, 11) is 0. The molecule has 0 saturated carbocycles. The zero-order valence-electron chi connectivity index (χ0n) is 8.52. The zero-order chi connectivity index (χ0) is 10.7. The highest BCUT2D eigenvalue weighted by Gasteiger charge is 2.26. The number of hydrogen-bond acceptors (Lipinski definition) is 2. The topological polar surface area (TPSA) is 58.4 Å². The fourth-order valence-electron chi connectivity index (χ4n) is 2.03. The number of nitrogens with two attached hydrogens (primary N) is 1. The molecular formula is C11H15N3O. The number of urea groups is 1. The third kappa shape index (κ3) is 2.10. The smallest absolute Gasteiger partial charge is 0.323 e. The molecule has 2 rings (SSSR count). The van der Waals surface area contributed by atoms with E-state index >= 15 is 0 Å². The summed E-state index contributed by atoms with van der Waals surface area (Å²) in [6, 6.07) is 10.1. The SMILES string of the molecule is NNC(=O)N1CCC(c2ccccc2)C1. The number of rotatable bonds is 1. The Labute approximate surface area is 89.0 Å². The third-order valence-electron chi connectivity index (χ3n) is 2.87. The zero-order valence-corrected chi connectivity index (χ0v) is 8.52. The average molecular weight is 205 g/mol. The Morgan fingerprint density at radius 1 is 1.40 bits per heavy atom. The Morgan fingerprint density at radius 3 is 2.80 bits per heavy atom. The van der Waals surface area contributed by atoms with E-state index < -0.39 is 0 Å². The van der Waals surface area contributed by atoms with E-state index in [0.717, 1.165) is 19.5 Å². The van der Waals surface area contributed by atoms with Gasteiger partial charge in [0.05, 0.1) is 0 Å². The lowest BCUT2D eigenvalue weighted by atomic mass is 9.99. The van der Waals surface area contributed by atoms with Crippen molar-refractivity contribution in [1.29, 1.82) is 0 Å². The predicted octanol–water partition coefficient (Wildman–Crippen LogP) is 1.06. The highest BCUT2D eigenvalue weighted by Crippen LogP contribution is 2.26. The van der Waals surface area contributed by atoms with Crippen LogP contribution >= 0.6 is 0 Å². The van der Waals surface area contributed by atoms with Crippen molar-refractivity contribution in [3.63, 3.8) is 0 Å². The van der Waals surface area contributed by atoms with Gasteiger partial charge in [-0.3, -0.25) is 5.43 Å². The first-order chi connectivity index (χ1) is 7.31. The van der Waals surface area contributed by atoms with Gasteiger partial charge in [-0.25, -0.2) is 10.6 Å². The minimum absolute atomic E-state index is 0.187. The number of carbonyl (C=O) groups is 1. The van der Waals surface area contributed by atoms with E-state index in [4.69, 9.17) is 5.84 Å². The van der Waals surface area contributed by atoms with Crippen molar-refractivity contribution in [2.45, 2.75) is 12.3 Å². The van der Waals surface area contributed by atoms with Gasteiger partial charge in [0.1, 0.15) is 0 Å². The number of amides is 2. The van der Waals surface area contributed by atoms with Gasteiger partial charge < -0.3 is 4.90 Å². The Kier molecular flexibility index (Phi) is 2.87. The minimum atomic E-state index is -0.187. The van der Waals surface area contributed by atoms with E-state index in [1.807, 2.05) is 18.2 Å². The molecule has 1 aromatic carbocycles. The first-order valence-corrected chi connectivity index (χ1v) is 5.11. The van der Waals surface area contributed by atoms with Crippen LogP contribution in [-0.4, -0.2) is 24.0 Å². The molecule has 0 aliphatic carbocycles. The second kappa shape index (κ2) is 4.31. The molecule has 1 atom stereocenters. The lowest BCUT2D eigenvalue weighted by molar-refractivity contribution is 0.208. The quantitative estimate of drug-likeness (QED) is 0.409. The van der Waals surface area contributed by atoms with Crippen molar-refractivity contribution in [2.75, 3.05) is 13.1 Å². The number of benzene rings is 1. The highest BCUT2D eigenvalue weighted by molar-refractivity contribution is 5.73. The molecule has 0 spiro atoms. The normalized spacial score (nSPS) is 20.3. The van der Waals surface area contributed by atoms with Gasteiger partial charge in [0.2, 0.25) is 0 Å². The monoisotopic (exact) mass is 205 g/mol. The molecule has 0 aromatic heterocycles. The summed E-state index contributed by atoms with van der Waals surface area (Å²) in [6.45, 7) is 1.54. The van der Waals surface area contributed by atoms with Gasteiger partial charge in [-0.15, -0.1) is 0 Å². The molecule has 4 nitrogen and oxygen atoms in total. The van der Waals surface area contributed by atoms with Crippen LogP contribution in [0.25, 0.3) is 0 Å². The minimum Gasteiger partial charge on any atom is -0.323 e. The van der Waals surface area contributed by atoms with Crippen molar-refractivity contribution < 1.29 is 4.79 Å². The van der Waals surface area contributed by atoms with Crippen LogP contribution in [0, 0.1) is 0 Å². The summed E-state index contributed by atoms with van der Waals surface area (Å²) in [5, 5.41) is 0. The average Bonchev–Trinajstić information content (AvgIpc) is 2.78. The first kappa shape index (κ1) is 9.98. The van der Waals surface area contributed by atoms with Crippen LogP contribution in [0.5, 0.6) is 0 Å². The molecule has 0 radical (unpaired) electrons. The lowest BCUT2D eigenvalue weighted by Crippen LogP contribution is -2.42. The third-order valence-corrected chi connectivity index (χ3v) is 2.87. The van der Waals surface area contributed by atoms with Crippen molar-refractivity contribution >= 4 is 6.03 Å². The predicted molar refractivity (Wildman–Crippen MR) is 58.1 cm³/mol. The van der Waals surface area contributed by atoms with Crippen LogP contribution in [-0.2, 0) is 0 Å². The van der Waals surface area contributed by atoms with Gasteiger partial charge in [0.25, 0.3) is 0 Å². The molecule has 1 aliphatic heterocycles. The molecule has 0 bridgehead atoms. The van der Waals surface area contributed by atoms with E-state index in [2.05, 4.69) is 17.6 Å². The van der Waals surface area contributed by atoms with Crippen molar-refractivity contribution in [2.24, 2.45) is 5.84 Å². The summed E-state index contributed by atoms with van der Waals surface area (Å²) in [5.74, 6) is 5.54. The van der Waals surface area contributed by atoms with Crippen LogP contribution in [0.2, 0.25) is 0 Å². The van der Waals surface area contributed by atoms with Crippen LogP contribution < -0.4 is 11.3 Å². The highest BCUT2D eigenvalue weighted by atomic mass is 16.2. The molecule has 2 amide bonds. The fraction of sp³-hybridized carbons (Fsp3) is 0.364. The number of hydrogen-bond donors (Lipinski definition) is 2. The number of nitrogens with one attached hydrogen (secondary N) is 1. The van der Waals surface area contributed by atoms with Crippen molar-refractivity contribution in [3.8, 4) is 0 Å². The maximum absolute atomic E-state index is 11.3. The van der Waals surface area contributed by atoms with Gasteiger partial charge >= 0.3 is 6.03 Å².